The molecule has 0 bridgehead atoms. The smallest absolute Gasteiger partial charge is 0.238 e. The first-order chi connectivity index (χ1) is 8.95. The summed E-state index contributed by atoms with van der Waals surface area (Å²) in [5.74, 6) is 0. The summed E-state index contributed by atoms with van der Waals surface area (Å²) >= 11 is 3.27. The van der Waals surface area contributed by atoms with Gasteiger partial charge in [0.2, 0.25) is 10.0 Å². The Kier molecular flexibility index (Phi) is 6.99. The first-order valence-electron chi connectivity index (χ1n) is 6.46. The largest absolute Gasteiger partial charge is 0.330 e. The van der Waals surface area contributed by atoms with Crippen LogP contribution >= 0.6 is 15.9 Å². The van der Waals surface area contributed by atoms with Crippen molar-refractivity contribution in [3.63, 3.8) is 0 Å². The summed E-state index contributed by atoms with van der Waals surface area (Å²) in [6, 6.07) is 5.24. The standard InChI is InChI=1S/C13H21BrN2O2S/c14-12-8-7-11(13(10-12)19(16,17)18)6-4-2-1-3-5-9-15/h7-8,10H,1-6,9,15H2,(H2,16,17,18). The van der Waals surface area contributed by atoms with Gasteiger partial charge in [0.1, 0.15) is 0 Å². The van der Waals surface area contributed by atoms with E-state index in [-0.39, 0.29) is 4.90 Å². The fourth-order valence-corrected chi connectivity index (χ4v) is 3.33. The monoisotopic (exact) mass is 348 g/mol. The summed E-state index contributed by atoms with van der Waals surface area (Å²) in [7, 11) is -3.65. The predicted molar refractivity (Wildman–Crippen MR) is 81.4 cm³/mol. The zero-order valence-electron chi connectivity index (χ0n) is 10.9. The lowest BCUT2D eigenvalue weighted by molar-refractivity contribution is 0.593. The van der Waals surface area contributed by atoms with Crippen LogP contribution in [0.4, 0.5) is 0 Å². The van der Waals surface area contributed by atoms with Gasteiger partial charge in [0.15, 0.2) is 0 Å². The lowest BCUT2D eigenvalue weighted by Gasteiger charge is -2.08. The first-order valence-corrected chi connectivity index (χ1v) is 8.80. The van der Waals surface area contributed by atoms with Crippen molar-refractivity contribution in [3.8, 4) is 0 Å². The van der Waals surface area contributed by atoms with Gasteiger partial charge in [0, 0.05) is 4.47 Å². The van der Waals surface area contributed by atoms with Crippen molar-refractivity contribution < 1.29 is 8.42 Å². The van der Waals surface area contributed by atoms with E-state index in [2.05, 4.69) is 15.9 Å². The van der Waals surface area contributed by atoms with E-state index in [0.717, 1.165) is 55.1 Å². The Bertz CT molecular complexity index is 503. The van der Waals surface area contributed by atoms with Crippen molar-refractivity contribution in [3.05, 3.63) is 28.2 Å². The van der Waals surface area contributed by atoms with Crippen molar-refractivity contribution in [1.82, 2.24) is 0 Å². The van der Waals surface area contributed by atoms with E-state index in [9.17, 15) is 8.42 Å². The van der Waals surface area contributed by atoms with Crippen LogP contribution in [0.15, 0.2) is 27.6 Å². The molecule has 6 heteroatoms. The summed E-state index contributed by atoms with van der Waals surface area (Å²) in [6.07, 6.45) is 6.12. The zero-order valence-corrected chi connectivity index (χ0v) is 13.3. The van der Waals surface area contributed by atoms with Crippen molar-refractivity contribution in [2.24, 2.45) is 10.9 Å². The van der Waals surface area contributed by atoms with Gasteiger partial charge in [-0.3, -0.25) is 0 Å². The third kappa shape index (κ3) is 6.03. The normalized spacial score (nSPS) is 11.7. The van der Waals surface area contributed by atoms with E-state index in [0.29, 0.717) is 0 Å². The lowest BCUT2D eigenvalue weighted by atomic mass is 10.1. The number of sulfonamides is 1. The van der Waals surface area contributed by atoms with Gasteiger partial charge < -0.3 is 5.73 Å². The SMILES string of the molecule is NCCCCCCCc1ccc(Br)cc1S(N)(=O)=O. The van der Waals surface area contributed by atoms with E-state index in [1.807, 2.05) is 12.1 Å². The van der Waals surface area contributed by atoms with Crippen LogP contribution in [-0.2, 0) is 16.4 Å². The highest BCUT2D eigenvalue weighted by atomic mass is 79.9. The molecule has 0 spiro atoms. The highest BCUT2D eigenvalue weighted by molar-refractivity contribution is 9.10. The van der Waals surface area contributed by atoms with Crippen LogP contribution in [0.25, 0.3) is 0 Å². The Hall–Kier alpha value is -0.430. The van der Waals surface area contributed by atoms with Gasteiger partial charge in [-0.15, -0.1) is 0 Å². The van der Waals surface area contributed by atoms with Crippen LogP contribution in [0.3, 0.4) is 0 Å². The van der Waals surface area contributed by atoms with Gasteiger partial charge in [-0.1, -0.05) is 41.3 Å². The van der Waals surface area contributed by atoms with Gasteiger partial charge in [-0.25, -0.2) is 13.6 Å². The minimum Gasteiger partial charge on any atom is -0.330 e. The molecule has 0 aliphatic carbocycles. The van der Waals surface area contributed by atoms with Crippen LogP contribution in [0.1, 0.15) is 37.7 Å². The number of primary sulfonamides is 1. The van der Waals surface area contributed by atoms with Crippen LogP contribution in [0.5, 0.6) is 0 Å². The van der Waals surface area contributed by atoms with Crippen molar-refractivity contribution in [1.29, 1.82) is 0 Å². The molecule has 0 fully saturated rings. The van der Waals surface area contributed by atoms with Crippen LogP contribution in [0.2, 0.25) is 0 Å². The molecule has 0 aliphatic rings. The topological polar surface area (TPSA) is 86.2 Å². The number of benzene rings is 1. The average Bonchev–Trinajstić information content (AvgIpc) is 2.34. The number of hydrogen-bond donors (Lipinski definition) is 2. The zero-order chi connectivity index (χ0) is 14.3. The molecule has 19 heavy (non-hydrogen) atoms. The highest BCUT2D eigenvalue weighted by Gasteiger charge is 2.13. The van der Waals surface area contributed by atoms with E-state index in [1.165, 1.54) is 0 Å². The van der Waals surface area contributed by atoms with E-state index >= 15 is 0 Å². The molecule has 0 amide bonds. The summed E-state index contributed by atoms with van der Waals surface area (Å²) in [5.41, 5.74) is 6.23. The third-order valence-corrected chi connectivity index (χ3v) is 4.47. The quantitative estimate of drug-likeness (QED) is 0.707. The molecule has 1 aromatic carbocycles. The van der Waals surface area contributed by atoms with E-state index in [1.54, 1.807) is 6.07 Å². The fraction of sp³-hybridized carbons (Fsp3) is 0.538. The number of halogens is 1. The van der Waals surface area contributed by atoms with Crippen LogP contribution < -0.4 is 10.9 Å². The molecule has 0 aliphatic heterocycles. The predicted octanol–water partition coefficient (Wildman–Crippen LogP) is 2.55. The maximum Gasteiger partial charge on any atom is 0.238 e. The second-order valence-corrected chi connectivity index (χ2v) is 7.05. The van der Waals surface area contributed by atoms with Gasteiger partial charge >= 0.3 is 0 Å². The van der Waals surface area contributed by atoms with Crippen molar-refractivity contribution >= 4 is 26.0 Å². The molecule has 4 nitrogen and oxygen atoms in total. The molecule has 0 saturated heterocycles. The molecule has 0 atom stereocenters. The summed E-state index contributed by atoms with van der Waals surface area (Å²) in [4.78, 5) is 0.226. The van der Waals surface area contributed by atoms with Gasteiger partial charge in [-0.2, -0.15) is 0 Å². The number of unbranched alkanes of at least 4 members (excludes halogenated alkanes) is 4. The molecule has 0 aromatic heterocycles. The molecular weight excluding hydrogens is 328 g/mol. The molecule has 0 unspecified atom stereocenters. The number of nitrogens with two attached hydrogens (primary N) is 2. The van der Waals surface area contributed by atoms with Crippen LogP contribution in [0, 0.1) is 0 Å². The minimum absolute atomic E-state index is 0.226. The first kappa shape index (κ1) is 16.6. The van der Waals surface area contributed by atoms with Gasteiger partial charge in [0.05, 0.1) is 4.90 Å². The Labute approximate surface area is 123 Å². The molecule has 0 radical (unpaired) electrons. The number of rotatable bonds is 8. The fourth-order valence-electron chi connectivity index (χ4n) is 1.99. The molecule has 0 saturated carbocycles. The van der Waals surface area contributed by atoms with Gasteiger partial charge in [0.25, 0.3) is 0 Å². The summed E-state index contributed by atoms with van der Waals surface area (Å²) in [6.45, 7) is 0.738. The Morgan fingerprint density at radius 1 is 1.05 bits per heavy atom. The third-order valence-electron chi connectivity index (χ3n) is 2.99. The summed E-state index contributed by atoms with van der Waals surface area (Å²) in [5, 5.41) is 5.23. The molecule has 1 rings (SSSR count). The Balaban J connectivity index is 2.59. The second-order valence-electron chi connectivity index (χ2n) is 4.60. The lowest BCUT2D eigenvalue weighted by Crippen LogP contribution is -2.14. The highest BCUT2D eigenvalue weighted by Crippen LogP contribution is 2.22. The summed E-state index contributed by atoms with van der Waals surface area (Å²) < 4.78 is 23.8. The molecule has 4 N–H and O–H groups in total. The Morgan fingerprint density at radius 3 is 2.32 bits per heavy atom. The maximum absolute atomic E-state index is 11.5. The van der Waals surface area contributed by atoms with Gasteiger partial charge in [-0.05, 0) is 43.5 Å². The van der Waals surface area contributed by atoms with Crippen molar-refractivity contribution in [2.75, 3.05) is 6.54 Å². The molecular formula is C13H21BrN2O2S. The van der Waals surface area contributed by atoms with Crippen LogP contribution in [-0.4, -0.2) is 15.0 Å². The van der Waals surface area contributed by atoms with Crippen molar-refractivity contribution in [2.45, 2.75) is 43.4 Å². The van der Waals surface area contributed by atoms with E-state index in [4.69, 9.17) is 10.9 Å². The number of aryl methyl sites for hydroxylation is 1. The molecule has 1 aromatic rings. The van der Waals surface area contributed by atoms with E-state index < -0.39 is 10.0 Å². The minimum atomic E-state index is -3.65. The number of hydrogen-bond acceptors (Lipinski definition) is 3. The molecule has 108 valence electrons. The average molecular weight is 349 g/mol. The molecule has 0 heterocycles. The maximum atomic E-state index is 11.5. The second kappa shape index (κ2) is 7.99. The Morgan fingerprint density at radius 2 is 1.68 bits per heavy atom.